The summed E-state index contributed by atoms with van der Waals surface area (Å²) in [6.07, 6.45) is 1.16. The molecule has 3 nitrogen and oxygen atoms in total. The topological polar surface area (TPSA) is 50.9 Å². The van der Waals surface area contributed by atoms with Gasteiger partial charge in [-0.2, -0.15) is 0 Å². The fraction of sp³-hybridized carbons (Fsp3) is 0. The van der Waals surface area contributed by atoms with Crippen LogP contribution in [0.25, 0.3) is 22.3 Å². The third kappa shape index (κ3) is 3.14. The van der Waals surface area contributed by atoms with Crippen molar-refractivity contribution in [3.05, 3.63) is 78.9 Å². The van der Waals surface area contributed by atoms with Gasteiger partial charge in [-0.3, -0.25) is 15.7 Å². The lowest BCUT2D eigenvalue weighted by molar-refractivity contribution is 1.37. The summed E-state index contributed by atoms with van der Waals surface area (Å²) in [5, 5.41) is 15.8. The Balaban J connectivity index is 2.31. The smallest absolute Gasteiger partial charge is 0.175 e. The minimum absolute atomic E-state index is 0.123. The fourth-order valence-corrected chi connectivity index (χ4v) is 3.00. The predicted octanol–water partition coefficient (Wildman–Crippen LogP) is 5.76. The van der Waals surface area contributed by atoms with Crippen LogP contribution < -0.4 is 4.90 Å². The molecule has 118 valence electrons. The molecule has 0 aliphatic rings. The van der Waals surface area contributed by atoms with Gasteiger partial charge < -0.3 is 0 Å². The number of para-hydroxylation sites is 1. The Morgan fingerprint density at radius 2 is 1.21 bits per heavy atom. The van der Waals surface area contributed by atoms with Gasteiger partial charge in [-0.25, -0.2) is 0 Å². The van der Waals surface area contributed by atoms with E-state index < -0.39 is 0 Å². The average molecular weight is 378 g/mol. The lowest BCUT2D eigenvalue weighted by Gasteiger charge is -2.23. The zero-order valence-corrected chi connectivity index (χ0v) is 14.5. The number of halogens is 1. The SMILES string of the molecule is N=CN(C(=N)Br)c1c(-c2ccccc2)cccc1-c1ccccc1. The number of hydrogen-bond donors (Lipinski definition) is 2. The van der Waals surface area contributed by atoms with Crippen LogP contribution in [-0.4, -0.2) is 11.1 Å². The molecule has 0 bridgehead atoms. The van der Waals surface area contributed by atoms with Crippen LogP contribution in [0.5, 0.6) is 0 Å². The van der Waals surface area contributed by atoms with Crippen LogP contribution >= 0.6 is 15.9 Å². The quantitative estimate of drug-likeness (QED) is 0.338. The molecule has 3 aromatic carbocycles. The molecular formula is C20H16BrN3. The molecule has 0 aliphatic heterocycles. The number of benzene rings is 3. The zero-order valence-electron chi connectivity index (χ0n) is 12.9. The van der Waals surface area contributed by atoms with Crippen molar-refractivity contribution < 1.29 is 0 Å². The van der Waals surface area contributed by atoms with E-state index in [1.54, 1.807) is 0 Å². The van der Waals surface area contributed by atoms with E-state index in [0.717, 1.165) is 34.3 Å². The molecule has 0 heterocycles. The Kier molecular flexibility index (Phi) is 4.87. The van der Waals surface area contributed by atoms with Gasteiger partial charge in [0, 0.05) is 11.1 Å². The number of nitrogens with zero attached hydrogens (tertiary/aromatic N) is 1. The molecule has 24 heavy (non-hydrogen) atoms. The van der Waals surface area contributed by atoms with E-state index in [1.165, 1.54) is 4.90 Å². The van der Waals surface area contributed by atoms with Crippen LogP contribution in [0.1, 0.15) is 0 Å². The average Bonchev–Trinajstić information content (AvgIpc) is 2.63. The molecule has 0 aliphatic carbocycles. The molecule has 0 saturated heterocycles. The van der Waals surface area contributed by atoms with Crippen molar-refractivity contribution in [2.24, 2.45) is 0 Å². The van der Waals surface area contributed by atoms with E-state index in [4.69, 9.17) is 10.8 Å². The summed E-state index contributed by atoms with van der Waals surface area (Å²) in [5.74, 6) is 0. The monoisotopic (exact) mass is 377 g/mol. The van der Waals surface area contributed by atoms with Crippen LogP contribution in [-0.2, 0) is 0 Å². The molecule has 0 amide bonds. The van der Waals surface area contributed by atoms with Crippen LogP contribution in [0.15, 0.2) is 78.9 Å². The highest BCUT2D eigenvalue weighted by Gasteiger charge is 2.18. The molecule has 0 aromatic heterocycles. The molecule has 0 spiro atoms. The molecule has 0 saturated carbocycles. The largest absolute Gasteiger partial charge is 0.291 e. The number of rotatable bonds is 4. The minimum atomic E-state index is 0.123. The molecule has 0 radical (unpaired) electrons. The Bertz CT molecular complexity index is 803. The second-order valence-corrected chi connectivity index (χ2v) is 5.97. The van der Waals surface area contributed by atoms with Gasteiger partial charge in [0.15, 0.2) is 4.74 Å². The first kappa shape index (κ1) is 16.1. The Hall–Kier alpha value is -2.72. The second kappa shape index (κ2) is 7.23. The van der Waals surface area contributed by atoms with Crippen molar-refractivity contribution >= 4 is 32.7 Å². The van der Waals surface area contributed by atoms with Crippen molar-refractivity contribution in [2.75, 3.05) is 4.90 Å². The van der Waals surface area contributed by atoms with Gasteiger partial charge in [0.05, 0.1) is 12.0 Å². The van der Waals surface area contributed by atoms with E-state index in [-0.39, 0.29) is 4.74 Å². The summed E-state index contributed by atoms with van der Waals surface area (Å²) in [6, 6.07) is 26.1. The first-order valence-corrected chi connectivity index (χ1v) is 8.29. The normalized spacial score (nSPS) is 10.2. The minimum Gasteiger partial charge on any atom is -0.291 e. The third-order valence-corrected chi connectivity index (χ3v) is 4.17. The molecule has 3 aromatic rings. The summed E-state index contributed by atoms with van der Waals surface area (Å²) < 4.78 is 0.123. The Morgan fingerprint density at radius 3 is 1.58 bits per heavy atom. The van der Waals surface area contributed by atoms with E-state index >= 15 is 0 Å². The number of amidine groups is 1. The molecule has 3 rings (SSSR count). The van der Waals surface area contributed by atoms with Crippen LogP contribution in [0, 0.1) is 10.8 Å². The highest BCUT2D eigenvalue weighted by molar-refractivity contribution is 9.18. The molecule has 0 unspecified atom stereocenters. The lowest BCUT2D eigenvalue weighted by atomic mass is 9.95. The van der Waals surface area contributed by atoms with Crippen molar-refractivity contribution in [3.8, 4) is 22.3 Å². The summed E-state index contributed by atoms with van der Waals surface area (Å²) in [7, 11) is 0. The number of anilines is 1. The van der Waals surface area contributed by atoms with Crippen molar-refractivity contribution in [1.82, 2.24) is 0 Å². The zero-order chi connectivity index (χ0) is 16.9. The Morgan fingerprint density at radius 1 is 0.750 bits per heavy atom. The predicted molar refractivity (Wildman–Crippen MR) is 105 cm³/mol. The summed E-state index contributed by atoms with van der Waals surface area (Å²) in [5.41, 5.74) is 4.86. The van der Waals surface area contributed by atoms with E-state index in [9.17, 15) is 0 Å². The fourth-order valence-electron chi connectivity index (χ4n) is 2.72. The van der Waals surface area contributed by atoms with Gasteiger partial charge in [0.2, 0.25) is 0 Å². The maximum absolute atomic E-state index is 8.00. The maximum Gasteiger partial charge on any atom is 0.175 e. The molecule has 0 fully saturated rings. The summed E-state index contributed by atoms with van der Waals surface area (Å²) in [6.45, 7) is 0. The highest BCUT2D eigenvalue weighted by atomic mass is 79.9. The van der Waals surface area contributed by atoms with E-state index in [2.05, 4.69) is 15.9 Å². The van der Waals surface area contributed by atoms with Gasteiger partial charge in [-0.15, -0.1) is 0 Å². The van der Waals surface area contributed by atoms with Crippen molar-refractivity contribution in [3.63, 3.8) is 0 Å². The maximum atomic E-state index is 8.00. The number of nitrogens with one attached hydrogen (secondary N) is 2. The molecule has 4 heteroatoms. The van der Waals surface area contributed by atoms with Gasteiger partial charge in [0.25, 0.3) is 0 Å². The molecular weight excluding hydrogens is 362 g/mol. The van der Waals surface area contributed by atoms with E-state index in [1.807, 2.05) is 78.9 Å². The van der Waals surface area contributed by atoms with Gasteiger partial charge in [-0.05, 0) is 27.1 Å². The lowest BCUT2D eigenvalue weighted by Crippen LogP contribution is -2.24. The molecule has 0 atom stereocenters. The second-order valence-electron chi connectivity index (χ2n) is 5.22. The summed E-state index contributed by atoms with van der Waals surface area (Å²) in [4.78, 5) is 1.53. The van der Waals surface area contributed by atoms with Crippen LogP contribution in [0.3, 0.4) is 0 Å². The van der Waals surface area contributed by atoms with Crippen LogP contribution in [0.2, 0.25) is 0 Å². The van der Waals surface area contributed by atoms with Crippen molar-refractivity contribution in [2.45, 2.75) is 0 Å². The Labute approximate surface area is 149 Å². The van der Waals surface area contributed by atoms with Crippen molar-refractivity contribution in [1.29, 1.82) is 10.8 Å². The van der Waals surface area contributed by atoms with E-state index in [0.29, 0.717) is 0 Å². The molecule has 2 N–H and O–H groups in total. The standard InChI is InChI=1S/C20H16BrN3/c21-20(23)24(14-22)19-17(15-8-3-1-4-9-15)12-7-13-18(19)16-10-5-2-6-11-16/h1-14,22-23H. The first-order valence-electron chi connectivity index (χ1n) is 7.50. The highest BCUT2D eigenvalue weighted by Crippen LogP contribution is 2.39. The van der Waals surface area contributed by atoms with Gasteiger partial charge >= 0.3 is 0 Å². The third-order valence-electron chi connectivity index (χ3n) is 3.79. The summed E-state index contributed by atoms with van der Waals surface area (Å²) >= 11 is 3.21. The van der Waals surface area contributed by atoms with Crippen LogP contribution in [0.4, 0.5) is 5.69 Å². The number of hydrogen-bond acceptors (Lipinski definition) is 2. The van der Waals surface area contributed by atoms with Gasteiger partial charge in [-0.1, -0.05) is 78.9 Å². The first-order chi connectivity index (χ1) is 11.7. The van der Waals surface area contributed by atoms with Gasteiger partial charge in [0.1, 0.15) is 0 Å².